The predicted octanol–water partition coefficient (Wildman–Crippen LogP) is 0.299. The number of rotatable bonds is 13. The molecule has 3 fully saturated rings. The Bertz CT molecular complexity index is 1690. The summed E-state index contributed by atoms with van der Waals surface area (Å²) in [6.45, 7) is 2.88. The number of hydrogen-bond acceptors (Lipinski definition) is 11. The number of carboxylic acids is 4. The normalized spacial score (nSPS) is 26.8. The number of aliphatic hydroxyl groups excluding tert-OH is 1. The van der Waals surface area contributed by atoms with Crippen molar-refractivity contribution in [1.82, 2.24) is 34.8 Å². The summed E-state index contributed by atoms with van der Waals surface area (Å²) in [5, 5.41) is 54.4. The van der Waals surface area contributed by atoms with Crippen molar-refractivity contribution < 1.29 is 49.5 Å². The van der Waals surface area contributed by atoms with Crippen LogP contribution in [0, 0.1) is 17.8 Å². The number of amides is 1. The number of para-hydroxylation sites is 1. The van der Waals surface area contributed by atoms with Crippen LogP contribution in [-0.2, 0) is 30.4 Å². The first-order valence-electron chi connectivity index (χ1n) is 20.0. The molecule has 308 valence electrons. The molecule has 6 rings (SSSR count). The van der Waals surface area contributed by atoms with Gasteiger partial charge in [0.2, 0.25) is 5.91 Å². The largest absolute Gasteiger partial charge is 0.480 e. The molecule has 56 heavy (non-hydrogen) atoms. The fraction of sp³-hybridized carbons (Fsp3) is 0.667. The topological polar surface area (TPSA) is 231 Å². The Morgan fingerprint density at radius 3 is 1.96 bits per heavy atom. The highest BCUT2D eigenvalue weighted by atomic mass is 16.4. The molecule has 4 heterocycles. The van der Waals surface area contributed by atoms with Gasteiger partial charge in [-0.25, -0.2) is 0 Å². The molecule has 7 N–H and O–H groups in total. The van der Waals surface area contributed by atoms with Gasteiger partial charge in [0, 0.05) is 88.6 Å². The first-order valence-corrected chi connectivity index (χ1v) is 20.0. The van der Waals surface area contributed by atoms with Crippen LogP contribution in [0.2, 0.25) is 0 Å². The molecule has 0 radical (unpaired) electrons. The zero-order valence-corrected chi connectivity index (χ0v) is 31.9. The van der Waals surface area contributed by atoms with Gasteiger partial charge in [0.15, 0.2) is 0 Å². The third-order valence-corrected chi connectivity index (χ3v) is 12.5. The molecule has 0 bridgehead atoms. The van der Waals surface area contributed by atoms with E-state index in [9.17, 15) is 49.5 Å². The average molecular weight is 784 g/mol. The molecule has 3 unspecified atom stereocenters. The van der Waals surface area contributed by atoms with Crippen LogP contribution in [0.25, 0.3) is 10.9 Å². The molecule has 1 aromatic heterocycles. The van der Waals surface area contributed by atoms with Crippen LogP contribution < -0.4 is 5.32 Å². The maximum atomic E-state index is 13.9. The van der Waals surface area contributed by atoms with E-state index in [2.05, 4.69) is 33.4 Å². The number of aromatic nitrogens is 1. The predicted molar refractivity (Wildman–Crippen MR) is 204 cm³/mol. The number of carbonyl (C=O) groups is 5. The maximum Gasteiger partial charge on any atom is 0.320 e. The number of benzene rings is 1. The van der Waals surface area contributed by atoms with Crippen molar-refractivity contribution in [2.45, 2.75) is 56.7 Å². The highest BCUT2D eigenvalue weighted by molar-refractivity contribution is 5.85. The van der Waals surface area contributed by atoms with Crippen molar-refractivity contribution in [3.8, 4) is 0 Å². The zero-order chi connectivity index (χ0) is 39.9. The maximum absolute atomic E-state index is 13.9. The van der Waals surface area contributed by atoms with E-state index in [0.29, 0.717) is 18.8 Å². The summed E-state index contributed by atoms with van der Waals surface area (Å²) < 4.78 is 0. The fourth-order valence-corrected chi connectivity index (χ4v) is 9.70. The van der Waals surface area contributed by atoms with Crippen LogP contribution >= 0.6 is 0 Å². The number of aromatic amines is 1. The number of aliphatic hydroxyl groups is 1. The van der Waals surface area contributed by atoms with Crippen LogP contribution in [0.15, 0.2) is 24.3 Å². The number of H-pyrrole nitrogens is 1. The third-order valence-electron chi connectivity index (χ3n) is 12.5. The summed E-state index contributed by atoms with van der Waals surface area (Å²) >= 11 is 0. The van der Waals surface area contributed by atoms with Gasteiger partial charge in [0.25, 0.3) is 0 Å². The number of hydrogen-bond donors (Lipinski definition) is 7. The number of carboxylic acid groups (broad SMARTS) is 4. The van der Waals surface area contributed by atoms with Gasteiger partial charge in [-0.3, -0.25) is 48.5 Å². The molecule has 2 aromatic rings. The summed E-state index contributed by atoms with van der Waals surface area (Å²) in [6.07, 6.45) is 2.92. The molecule has 1 amide bonds. The Morgan fingerprint density at radius 1 is 0.786 bits per heavy atom. The SMILES string of the molecule is O=C(O)CN1CCN(CC(=O)O)CCN(C(CCCNC(=O)C2C(O)CC[C@H]3CN4CCc5c([nH]c6ccccc56)[C@H]4C[C@@H]23)C(=O)O)CCN(CC(=O)O)CC1. The van der Waals surface area contributed by atoms with Crippen molar-refractivity contribution in [1.29, 1.82) is 0 Å². The van der Waals surface area contributed by atoms with E-state index in [0.717, 1.165) is 37.9 Å². The number of fused-ring (bicyclic) bond motifs is 6. The molecule has 2 saturated heterocycles. The standard InChI is InChI=1S/C39H57N7O10/c47-32-8-7-25-21-46-11-9-27-26-4-1-2-5-29(26)41-37(27)31(46)20-28(25)36(32)38(54)40-10-3-6-30(39(55)56)45-18-16-43(23-34(50)51)14-12-42(22-33(48)49)13-15-44(17-19-45)24-35(52)53/h1-2,4-5,25,28,30-32,36,41,47H,3,6-24H2,(H,40,54)(H,48,49)(H,50,51)(H,52,53)(H,55,56)/t25-,28+,30?,31+,32?,36?/m0/s1. The summed E-state index contributed by atoms with van der Waals surface area (Å²) in [5.74, 6) is -4.73. The van der Waals surface area contributed by atoms with E-state index in [1.54, 1.807) is 19.6 Å². The minimum Gasteiger partial charge on any atom is -0.480 e. The van der Waals surface area contributed by atoms with Crippen molar-refractivity contribution >= 4 is 40.7 Å². The summed E-state index contributed by atoms with van der Waals surface area (Å²) in [6, 6.07) is 7.50. The lowest BCUT2D eigenvalue weighted by Crippen LogP contribution is -2.55. The molecule has 1 saturated carbocycles. The second-order valence-electron chi connectivity index (χ2n) is 16.0. The van der Waals surface area contributed by atoms with E-state index in [1.807, 2.05) is 6.07 Å². The molecular weight excluding hydrogens is 726 g/mol. The Balaban J connectivity index is 1.09. The van der Waals surface area contributed by atoms with Gasteiger partial charge in [-0.05, 0) is 62.0 Å². The van der Waals surface area contributed by atoms with E-state index < -0.39 is 41.9 Å². The lowest BCUT2D eigenvalue weighted by atomic mass is 9.64. The second-order valence-corrected chi connectivity index (χ2v) is 16.0. The first-order chi connectivity index (χ1) is 26.9. The highest BCUT2D eigenvalue weighted by Gasteiger charge is 2.49. The van der Waals surface area contributed by atoms with Crippen LogP contribution in [0.3, 0.4) is 0 Å². The minimum atomic E-state index is -1.08. The quantitative estimate of drug-likeness (QED) is 0.136. The van der Waals surface area contributed by atoms with Crippen LogP contribution in [-0.4, -0.2) is 189 Å². The van der Waals surface area contributed by atoms with E-state index in [4.69, 9.17) is 0 Å². The number of nitrogens with zero attached hydrogens (tertiary/aromatic N) is 5. The van der Waals surface area contributed by atoms with E-state index >= 15 is 0 Å². The molecule has 3 aliphatic heterocycles. The van der Waals surface area contributed by atoms with Gasteiger partial charge < -0.3 is 35.8 Å². The fourth-order valence-electron chi connectivity index (χ4n) is 9.70. The minimum absolute atomic E-state index is 0.00478. The van der Waals surface area contributed by atoms with Gasteiger partial charge >= 0.3 is 23.9 Å². The zero-order valence-electron chi connectivity index (χ0n) is 31.9. The van der Waals surface area contributed by atoms with Crippen molar-refractivity contribution in [3.05, 3.63) is 35.5 Å². The second kappa shape index (κ2) is 18.9. The van der Waals surface area contributed by atoms with Gasteiger partial charge in [0.1, 0.15) is 6.04 Å². The summed E-state index contributed by atoms with van der Waals surface area (Å²) in [5.41, 5.74) is 3.68. The van der Waals surface area contributed by atoms with Gasteiger partial charge in [-0.15, -0.1) is 0 Å². The van der Waals surface area contributed by atoms with Crippen molar-refractivity contribution in [2.24, 2.45) is 17.8 Å². The van der Waals surface area contributed by atoms with Crippen LogP contribution in [0.1, 0.15) is 49.4 Å². The number of aliphatic carboxylic acids is 4. The van der Waals surface area contributed by atoms with Gasteiger partial charge in [-0.2, -0.15) is 0 Å². The molecule has 6 atom stereocenters. The molecular formula is C39H57N7O10. The molecule has 17 heteroatoms. The lowest BCUT2D eigenvalue weighted by molar-refractivity contribution is -0.145. The summed E-state index contributed by atoms with van der Waals surface area (Å²) in [7, 11) is 0. The Labute approximate surface area is 326 Å². The Kier molecular flexibility index (Phi) is 14.0. The monoisotopic (exact) mass is 783 g/mol. The van der Waals surface area contributed by atoms with Gasteiger partial charge in [-0.1, -0.05) is 18.2 Å². The van der Waals surface area contributed by atoms with E-state index in [-0.39, 0.29) is 103 Å². The van der Waals surface area contributed by atoms with Crippen molar-refractivity contribution in [3.63, 3.8) is 0 Å². The van der Waals surface area contributed by atoms with Crippen molar-refractivity contribution in [2.75, 3.05) is 91.6 Å². The third kappa shape index (κ3) is 10.2. The molecule has 17 nitrogen and oxygen atoms in total. The number of piperidine rings is 1. The smallest absolute Gasteiger partial charge is 0.320 e. The number of carbonyl (C=O) groups excluding carboxylic acids is 1. The van der Waals surface area contributed by atoms with Crippen LogP contribution in [0.4, 0.5) is 0 Å². The lowest BCUT2D eigenvalue weighted by Gasteiger charge is -2.51. The summed E-state index contributed by atoms with van der Waals surface area (Å²) in [4.78, 5) is 74.3. The van der Waals surface area contributed by atoms with Gasteiger partial charge in [0.05, 0.1) is 37.7 Å². The molecule has 4 aliphatic rings. The Morgan fingerprint density at radius 2 is 1.38 bits per heavy atom. The highest BCUT2D eigenvalue weighted by Crippen LogP contribution is 2.49. The molecule has 1 aromatic carbocycles. The van der Waals surface area contributed by atoms with E-state index in [1.165, 1.54) is 16.6 Å². The van der Waals surface area contributed by atoms with Crippen LogP contribution in [0.5, 0.6) is 0 Å². The molecule has 0 spiro atoms. The molecule has 1 aliphatic carbocycles. The average Bonchev–Trinajstić information content (AvgIpc) is 3.53. The number of nitrogens with one attached hydrogen (secondary N) is 2. The Hall–Kier alpha value is -4.13. The first kappa shape index (κ1) is 41.5.